The molecule has 72 valence electrons. The van der Waals surface area contributed by atoms with Crippen molar-refractivity contribution >= 4 is 17.3 Å². The molecule has 0 aromatic carbocycles. The van der Waals surface area contributed by atoms with E-state index in [1.165, 1.54) is 19.3 Å². The van der Waals surface area contributed by atoms with Gasteiger partial charge in [-0.25, -0.2) is 0 Å². The fourth-order valence-electron chi connectivity index (χ4n) is 1.06. The highest BCUT2D eigenvalue weighted by Crippen LogP contribution is 2.08. The predicted octanol–water partition coefficient (Wildman–Crippen LogP) is 3.57. The van der Waals surface area contributed by atoms with Gasteiger partial charge in [-0.05, 0) is 31.5 Å². The molecule has 0 N–H and O–H groups in total. The monoisotopic (exact) mass is 188 g/mol. The van der Waals surface area contributed by atoms with Gasteiger partial charge in [0, 0.05) is 6.42 Å². The quantitative estimate of drug-likeness (QED) is 0.465. The van der Waals surface area contributed by atoms with Crippen LogP contribution in [0.2, 0.25) is 0 Å². The molecule has 0 rings (SSSR count). The van der Waals surface area contributed by atoms with E-state index in [2.05, 4.69) is 13.8 Å². The first kappa shape index (κ1) is 11.9. The summed E-state index contributed by atoms with van der Waals surface area (Å²) < 4.78 is 5.18. The number of rotatable bonds is 6. The lowest BCUT2D eigenvalue weighted by Gasteiger charge is -2.05. The van der Waals surface area contributed by atoms with Crippen molar-refractivity contribution in [3.8, 4) is 0 Å². The Balaban J connectivity index is 3.14. The standard InChI is InChI=1S/C10H20OS/c1-4-11-10(12)8-6-5-7-9(2)3/h9H,4-8H2,1-3H3. The Kier molecular flexibility index (Phi) is 7.47. The van der Waals surface area contributed by atoms with Gasteiger partial charge in [-0.1, -0.05) is 26.7 Å². The lowest BCUT2D eigenvalue weighted by molar-refractivity contribution is 0.325. The van der Waals surface area contributed by atoms with Crippen molar-refractivity contribution < 1.29 is 4.74 Å². The summed E-state index contributed by atoms with van der Waals surface area (Å²) in [5.41, 5.74) is 0. The van der Waals surface area contributed by atoms with Gasteiger partial charge in [-0.2, -0.15) is 0 Å². The third-order valence-corrected chi connectivity index (χ3v) is 2.04. The summed E-state index contributed by atoms with van der Waals surface area (Å²) in [6.45, 7) is 7.19. The molecular weight excluding hydrogens is 168 g/mol. The van der Waals surface area contributed by atoms with Crippen LogP contribution >= 0.6 is 12.2 Å². The van der Waals surface area contributed by atoms with Crippen LogP contribution in [0.1, 0.15) is 46.5 Å². The Bertz CT molecular complexity index is 121. The minimum atomic E-state index is 0.711. The van der Waals surface area contributed by atoms with Crippen molar-refractivity contribution in [1.29, 1.82) is 0 Å². The van der Waals surface area contributed by atoms with Crippen LogP contribution in [-0.2, 0) is 4.74 Å². The highest BCUT2D eigenvalue weighted by molar-refractivity contribution is 7.80. The van der Waals surface area contributed by atoms with Gasteiger partial charge in [-0.15, -0.1) is 0 Å². The molecule has 0 fully saturated rings. The number of ether oxygens (including phenoxy) is 1. The second-order valence-electron chi connectivity index (χ2n) is 3.44. The van der Waals surface area contributed by atoms with Crippen LogP contribution in [0.25, 0.3) is 0 Å². The zero-order chi connectivity index (χ0) is 9.40. The molecule has 0 heterocycles. The van der Waals surface area contributed by atoms with E-state index >= 15 is 0 Å². The van der Waals surface area contributed by atoms with E-state index in [1.807, 2.05) is 6.92 Å². The molecule has 1 nitrogen and oxygen atoms in total. The van der Waals surface area contributed by atoms with Crippen LogP contribution in [0.3, 0.4) is 0 Å². The molecule has 2 heteroatoms. The summed E-state index contributed by atoms with van der Waals surface area (Å²) in [4.78, 5) is 0. The minimum absolute atomic E-state index is 0.711. The Labute approximate surface area is 81.5 Å². The lowest BCUT2D eigenvalue weighted by atomic mass is 10.1. The van der Waals surface area contributed by atoms with Crippen LogP contribution in [0.4, 0.5) is 0 Å². The van der Waals surface area contributed by atoms with Crippen molar-refractivity contribution in [2.45, 2.75) is 46.5 Å². The normalized spacial score (nSPS) is 10.3. The second kappa shape index (κ2) is 7.53. The largest absolute Gasteiger partial charge is 0.487 e. The third kappa shape index (κ3) is 7.99. The van der Waals surface area contributed by atoms with Gasteiger partial charge < -0.3 is 4.74 Å². The van der Waals surface area contributed by atoms with E-state index in [0.717, 1.165) is 17.4 Å². The molecule has 0 spiro atoms. The summed E-state index contributed by atoms with van der Waals surface area (Å²) in [6, 6.07) is 0. The Morgan fingerprint density at radius 1 is 1.33 bits per heavy atom. The molecule has 0 amide bonds. The number of hydrogen-bond donors (Lipinski definition) is 0. The van der Waals surface area contributed by atoms with Crippen molar-refractivity contribution in [2.24, 2.45) is 5.92 Å². The molecule has 0 saturated heterocycles. The molecule has 0 aromatic heterocycles. The maximum absolute atomic E-state index is 5.18. The molecule has 0 aromatic rings. The highest BCUT2D eigenvalue weighted by atomic mass is 32.1. The van der Waals surface area contributed by atoms with E-state index in [1.54, 1.807) is 0 Å². The molecule has 0 aliphatic carbocycles. The van der Waals surface area contributed by atoms with Gasteiger partial charge >= 0.3 is 0 Å². The Morgan fingerprint density at radius 2 is 2.00 bits per heavy atom. The molecule has 0 saturated carbocycles. The van der Waals surface area contributed by atoms with Crippen molar-refractivity contribution in [1.82, 2.24) is 0 Å². The number of unbranched alkanes of at least 4 members (excludes halogenated alkanes) is 1. The van der Waals surface area contributed by atoms with Gasteiger partial charge in [0.05, 0.1) is 6.61 Å². The fourth-order valence-corrected chi connectivity index (χ4v) is 1.32. The van der Waals surface area contributed by atoms with E-state index in [9.17, 15) is 0 Å². The third-order valence-electron chi connectivity index (χ3n) is 1.72. The molecule has 12 heavy (non-hydrogen) atoms. The first-order chi connectivity index (χ1) is 5.66. The Morgan fingerprint density at radius 3 is 2.50 bits per heavy atom. The molecule has 0 bridgehead atoms. The minimum Gasteiger partial charge on any atom is -0.487 e. The zero-order valence-electron chi connectivity index (χ0n) is 8.43. The topological polar surface area (TPSA) is 9.23 Å². The van der Waals surface area contributed by atoms with Crippen LogP contribution in [-0.4, -0.2) is 11.7 Å². The van der Waals surface area contributed by atoms with Gasteiger partial charge in [0.15, 0.2) is 5.05 Å². The summed E-state index contributed by atoms with van der Waals surface area (Å²) in [5.74, 6) is 0.811. The maximum Gasteiger partial charge on any atom is 0.159 e. The first-order valence-electron chi connectivity index (χ1n) is 4.82. The Hall–Kier alpha value is -0.110. The van der Waals surface area contributed by atoms with E-state index in [-0.39, 0.29) is 0 Å². The van der Waals surface area contributed by atoms with E-state index < -0.39 is 0 Å². The SMILES string of the molecule is CCOC(=S)CCCCC(C)C. The summed E-state index contributed by atoms with van der Waals surface area (Å²) >= 11 is 5.01. The van der Waals surface area contributed by atoms with Gasteiger partial charge in [0.1, 0.15) is 0 Å². The average Bonchev–Trinajstić information content (AvgIpc) is 1.98. The number of hydrogen-bond acceptors (Lipinski definition) is 2. The highest BCUT2D eigenvalue weighted by Gasteiger charge is 1.97. The maximum atomic E-state index is 5.18. The van der Waals surface area contributed by atoms with Gasteiger partial charge in [0.2, 0.25) is 0 Å². The van der Waals surface area contributed by atoms with Gasteiger partial charge in [-0.3, -0.25) is 0 Å². The molecular formula is C10H20OS. The van der Waals surface area contributed by atoms with Crippen LogP contribution in [0.5, 0.6) is 0 Å². The first-order valence-corrected chi connectivity index (χ1v) is 5.23. The fraction of sp³-hybridized carbons (Fsp3) is 0.900. The molecule has 0 aliphatic heterocycles. The van der Waals surface area contributed by atoms with Crippen LogP contribution < -0.4 is 0 Å². The summed E-state index contributed by atoms with van der Waals surface area (Å²) in [7, 11) is 0. The second-order valence-corrected chi connectivity index (χ2v) is 3.90. The van der Waals surface area contributed by atoms with Crippen molar-refractivity contribution in [2.75, 3.05) is 6.61 Å². The summed E-state index contributed by atoms with van der Waals surface area (Å²) in [5, 5.41) is 0.779. The number of thiocarbonyl (C=S) groups is 1. The van der Waals surface area contributed by atoms with Crippen molar-refractivity contribution in [3.05, 3.63) is 0 Å². The average molecular weight is 188 g/mol. The van der Waals surface area contributed by atoms with E-state index in [4.69, 9.17) is 17.0 Å². The van der Waals surface area contributed by atoms with Gasteiger partial charge in [0.25, 0.3) is 0 Å². The molecule has 0 unspecified atom stereocenters. The smallest absolute Gasteiger partial charge is 0.159 e. The van der Waals surface area contributed by atoms with Crippen LogP contribution in [0.15, 0.2) is 0 Å². The van der Waals surface area contributed by atoms with E-state index in [0.29, 0.717) is 6.61 Å². The molecule has 0 aliphatic rings. The lowest BCUT2D eigenvalue weighted by Crippen LogP contribution is -2.00. The molecule has 0 radical (unpaired) electrons. The van der Waals surface area contributed by atoms with Crippen LogP contribution in [0, 0.1) is 5.92 Å². The zero-order valence-corrected chi connectivity index (χ0v) is 9.25. The summed E-state index contributed by atoms with van der Waals surface area (Å²) in [6.07, 6.45) is 4.70. The predicted molar refractivity (Wildman–Crippen MR) is 57.5 cm³/mol. The van der Waals surface area contributed by atoms with Crippen molar-refractivity contribution in [3.63, 3.8) is 0 Å². The molecule has 0 atom stereocenters.